The minimum absolute atomic E-state index is 0.0904. The number of hydrogen-bond donors (Lipinski definition) is 1. The second kappa shape index (κ2) is 7.58. The largest absolute Gasteiger partial charge is 0.507 e. The Morgan fingerprint density at radius 2 is 2.21 bits per heavy atom. The third kappa shape index (κ3) is 3.83. The molecule has 146 valence electrons. The molecule has 0 amide bonds. The van der Waals surface area contributed by atoms with E-state index in [9.17, 15) is 5.11 Å². The number of phenols is 1. The number of nitrogens with zero attached hydrogens (tertiary/aromatic N) is 5. The topological polar surface area (TPSA) is 86.0 Å². The molecule has 1 fully saturated rings. The van der Waals surface area contributed by atoms with E-state index in [4.69, 9.17) is 4.74 Å². The van der Waals surface area contributed by atoms with Crippen LogP contribution in [0.2, 0.25) is 0 Å². The molecule has 0 bridgehead atoms. The molecule has 0 aliphatic heterocycles. The molecule has 1 aromatic carbocycles. The summed E-state index contributed by atoms with van der Waals surface area (Å²) in [4.78, 5) is 8.36. The van der Waals surface area contributed by atoms with Gasteiger partial charge in [-0.25, -0.2) is 9.97 Å². The Bertz CT molecular complexity index is 926. The second-order valence-corrected chi connectivity index (χ2v) is 7.79. The van der Waals surface area contributed by atoms with Gasteiger partial charge in [0.1, 0.15) is 11.9 Å². The Morgan fingerprint density at radius 1 is 1.32 bits per heavy atom. The lowest BCUT2D eigenvalue weighted by molar-refractivity contribution is 0.0676. The van der Waals surface area contributed by atoms with E-state index in [0.717, 1.165) is 24.9 Å². The lowest BCUT2D eigenvalue weighted by Gasteiger charge is -2.37. The number of aromatic nitrogens is 5. The predicted octanol–water partition coefficient (Wildman–Crippen LogP) is 4.17. The van der Waals surface area contributed by atoms with Crippen LogP contribution in [0, 0.1) is 5.41 Å². The van der Waals surface area contributed by atoms with E-state index < -0.39 is 0 Å². The van der Waals surface area contributed by atoms with Gasteiger partial charge in [-0.2, -0.15) is 0 Å². The molecule has 28 heavy (non-hydrogen) atoms. The van der Waals surface area contributed by atoms with Crippen molar-refractivity contribution in [1.82, 2.24) is 24.7 Å². The van der Waals surface area contributed by atoms with Crippen molar-refractivity contribution in [1.29, 1.82) is 0 Å². The first-order valence-electron chi connectivity index (χ1n) is 9.74. The third-order valence-electron chi connectivity index (χ3n) is 5.73. The molecule has 0 radical (unpaired) electrons. The molecule has 1 aliphatic carbocycles. The SMILES string of the molecule is CC[C@@]1(C)CCC[C@@H](Oc2cnc(-c3ccc(-n4ccnc4)cc3O)nn2)C1. The Hall–Kier alpha value is -2.96. The number of hydrogen-bond acceptors (Lipinski definition) is 6. The molecule has 0 spiro atoms. The summed E-state index contributed by atoms with van der Waals surface area (Å²) in [5.41, 5.74) is 1.68. The van der Waals surface area contributed by atoms with Crippen LogP contribution in [0.15, 0.2) is 43.1 Å². The molecule has 1 aliphatic rings. The van der Waals surface area contributed by atoms with Crippen molar-refractivity contribution in [3.8, 4) is 28.7 Å². The molecule has 1 N–H and O–H groups in total. The molecule has 1 saturated carbocycles. The lowest BCUT2D eigenvalue weighted by atomic mass is 9.73. The smallest absolute Gasteiger partial charge is 0.252 e. The van der Waals surface area contributed by atoms with Crippen LogP contribution in [0.3, 0.4) is 0 Å². The maximum Gasteiger partial charge on any atom is 0.252 e. The Labute approximate surface area is 164 Å². The molecular weight excluding hydrogens is 354 g/mol. The van der Waals surface area contributed by atoms with Crippen LogP contribution in [0.5, 0.6) is 11.6 Å². The molecule has 2 aromatic heterocycles. The van der Waals surface area contributed by atoms with Gasteiger partial charge in [-0.05, 0) is 43.2 Å². The molecule has 7 nitrogen and oxygen atoms in total. The van der Waals surface area contributed by atoms with Crippen LogP contribution in [0.25, 0.3) is 17.1 Å². The fourth-order valence-corrected chi connectivity index (χ4v) is 3.83. The summed E-state index contributed by atoms with van der Waals surface area (Å²) >= 11 is 0. The maximum absolute atomic E-state index is 10.4. The highest BCUT2D eigenvalue weighted by Gasteiger charge is 2.32. The van der Waals surface area contributed by atoms with Crippen LogP contribution in [-0.2, 0) is 0 Å². The summed E-state index contributed by atoms with van der Waals surface area (Å²) < 4.78 is 7.85. The normalized spacial score (nSPS) is 22.1. The molecule has 2 atom stereocenters. The van der Waals surface area contributed by atoms with Crippen LogP contribution >= 0.6 is 0 Å². The first kappa shape index (κ1) is 18.4. The monoisotopic (exact) mass is 379 g/mol. The Balaban J connectivity index is 1.47. The fourth-order valence-electron chi connectivity index (χ4n) is 3.83. The van der Waals surface area contributed by atoms with Crippen LogP contribution in [0.4, 0.5) is 0 Å². The van der Waals surface area contributed by atoms with Gasteiger partial charge in [-0.3, -0.25) is 0 Å². The van der Waals surface area contributed by atoms with E-state index >= 15 is 0 Å². The van der Waals surface area contributed by atoms with Gasteiger partial charge in [0.25, 0.3) is 5.88 Å². The standard InChI is InChI=1S/C21H25N5O2/c1-3-21(2)8-4-5-16(12-21)28-19-13-23-20(25-24-19)17-7-6-15(11-18(17)27)26-10-9-22-14-26/h6-7,9-11,13-14,16,27H,3-5,8,12H2,1-2H3/t16-,21+/m1/s1. The van der Waals surface area contributed by atoms with Gasteiger partial charge in [0.15, 0.2) is 5.82 Å². The van der Waals surface area contributed by atoms with Gasteiger partial charge in [0.05, 0.1) is 23.8 Å². The van der Waals surface area contributed by atoms with Crippen molar-refractivity contribution >= 4 is 0 Å². The quantitative estimate of drug-likeness (QED) is 0.716. The van der Waals surface area contributed by atoms with Crippen molar-refractivity contribution in [2.24, 2.45) is 5.41 Å². The van der Waals surface area contributed by atoms with Gasteiger partial charge >= 0.3 is 0 Å². The minimum atomic E-state index is 0.0904. The number of phenolic OH excluding ortho intramolecular Hbond substituents is 1. The highest BCUT2D eigenvalue weighted by atomic mass is 16.5. The lowest BCUT2D eigenvalue weighted by Crippen LogP contribution is -2.32. The fraction of sp³-hybridized carbons (Fsp3) is 0.429. The maximum atomic E-state index is 10.4. The van der Waals surface area contributed by atoms with Gasteiger partial charge in [-0.15, -0.1) is 10.2 Å². The van der Waals surface area contributed by atoms with Gasteiger partial charge in [-0.1, -0.05) is 20.3 Å². The summed E-state index contributed by atoms with van der Waals surface area (Å²) in [5.74, 6) is 0.889. The van der Waals surface area contributed by atoms with Crippen molar-refractivity contribution in [2.45, 2.75) is 52.1 Å². The number of imidazole rings is 1. The Kier molecular flexibility index (Phi) is 4.98. The zero-order valence-electron chi connectivity index (χ0n) is 16.2. The highest BCUT2D eigenvalue weighted by molar-refractivity contribution is 5.65. The third-order valence-corrected chi connectivity index (χ3v) is 5.73. The van der Waals surface area contributed by atoms with E-state index in [-0.39, 0.29) is 11.9 Å². The molecule has 2 heterocycles. The average molecular weight is 379 g/mol. The van der Waals surface area contributed by atoms with Crippen LogP contribution < -0.4 is 4.74 Å². The number of aromatic hydroxyl groups is 1. The zero-order chi connectivity index (χ0) is 19.6. The molecule has 4 rings (SSSR count). The predicted molar refractivity (Wildman–Crippen MR) is 105 cm³/mol. The Morgan fingerprint density at radius 3 is 2.89 bits per heavy atom. The van der Waals surface area contributed by atoms with Gasteiger partial charge < -0.3 is 14.4 Å². The van der Waals surface area contributed by atoms with Crippen LogP contribution in [0.1, 0.15) is 46.0 Å². The van der Waals surface area contributed by atoms with E-state index in [1.54, 1.807) is 30.9 Å². The molecule has 0 saturated heterocycles. The van der Waals surface area contributed by atoms with Gasteiger partial charge in [0, 0.05) is 18.5 Å². The molecule has 7 heteroatoms. The summed E-state index contributed by atoms with van der Waals surface area (Å²) in [7, 11) is 0. The first-order valence-corrected chi connectivity index (χ1v) is 9.74. The minimum Gasteiger partial charge on any atom is -0.507 e. The summed E-state index contributed by atoms with van der Waals surface area (Å²) in [6.07, 6.45) is 12.6. The molecule has 3 aromatic rings. The average Bonchev–Trinajstić information content (AvgIpc) is 3.24. The van der Waals surface area contributed by atoms with E-state index in [1.165, 1.54) is 12.8 Å². The number of benzene rings is 1. The summed E-state index contributed by atoms with van der Waals surface area (Å²) in [6.45, 7) is 4.56. The van der Waals surface area contributed by atoms with Crippen molar-refractivity contribution in [3.63, 3.8) is 0 Å². The van der Waals surface area contributed by atoms with Crippen molar-refractivity contribution in [2.75, 3.05) is 0 Å². The highest BCUT2D eigenvalue weighted by Crippen LogP contribution is 2.39. The zero-order valence-corrected chi connectivity index (χ0v) is 16.2. The number of ether oxygens (including phenoxy) is 1. The summed E-state index contributed by atoms with van der Waals surface area (Å²) in [5, 5.41) is 18.7. The second-order valence-electron chi connectivity index (χ2n) is 7.79. The van der Waals surface area contributed by atoms with Crippen molar-refractivity contribution in [3.05, 3.63) is 43.1 Å². The molecule has 0 unspecified atom stereocenters. The van der Waals surface area contributed by atoms with E-state index in [0.29, 0.717) is 22.7 Å². The van der Waals surface area contributed by atoms with Crippen molar-refractivity contribution < 1.29 is 9.84 Å². The molecular formula is C21H25N5O2. The van der Waals surface area contributed by atoms with Gasteiger partial charge in [0.2, 0.25) is 0 Å². The summed E-state index contributed by atoms with van der Waals surface area (Å²) in [6, 6.07) is 5.30. The van der Waals surface area contributed by atoms with E-state index in [2.05, 4.69) is 34.0 Å². The van der Waals surface area contributed by atoms with E-state index in [1.807, 2.05) is 16.8 Å². The number of rotatable bonds is 5. The first-order chi connectivity index (χ1) is 13.6. The van der Waals surface area contributed by atoms with Crippen LogP contribution in [-0.4, -0.2) is 35.9 Å².